The second-order valence-corrected chi connectivity index (χ2v) is 3.99. The van der Waals surface area contributed by atoms with Crippen LogP contribution in [0.15, 0.2) is 6.07 Å². The molecule has 0 aromatic carbocycles. The van der Waals surface area contributed by atoms with Crippen LogP contribution in [0.3, 0.4) is 0 Å². The molecule has 1 atom stereocenters. The second kappa shape index (κ2) is 3.79. The van der Waals surface area contributed by atoms with Gasteiger partial charge < -0.3 is 10.2 Å². The first-order valence-corrected chi connectivity index (χ1v) is 5.05. The zero-order valence-corrected chi connectivity index (χ0v) is 8.66. The predicted molar refractivity (Wildman–Crippen MR) is 54.2 cm³/mol. The molecule has 0 saturated heterocycles. The molecule has 0 radical (unpaired) electrons. The number of carboxylic acids is 1. The summed E-state index contributed by atoms with van der Waals surface area (Å²) in [5, 5.41) is 18.3. The minimum absolute atomic E-state index is 0.00418. The smallest absolute Gasteiger partial charge is 0.338 e. The van der Waals surface area contributed by atoms with Crippen LogP contribution in [0.1, 0.15) is 28.0 Å². The summed E-state index contributed by atoms with van der Waals surface area (Å²) in [6.45, 7) is 0. The molecule has 4 nitrogen and oxygen atoms in total. The minimum atomic E-state index is -1.09. The van der Waals surface area contributed by atoms with Crippen LogP contribution in [0.4, 0.5) is 0 Å². The first-order valence-electron chi connectivity index (χ1n) is 4.67. The molecule has 1 unspecified atom stereocenters. The summed E-state index contributed by atoms with van der Waals surface area (Å²) in [5.41, 5.74) is 1.59. The topological polar surface area (TPSA) is 70.4 Å². The molecule has 2 rings (SSSR count). The number of hydrogen-bond donors (Lipinski definition) is 2. The van der Waals surface area contributed by atoms with Crippen LogP contribution in [-0.2, 0) is 12.8 Å². The van der Waals surface area contributed by atoms with E-state index in [1.807, 2.05) is 0 Å². The molecule has 15 heavy (non-hydrogen) atoms. The summed E-state index contributed by atoms with van der Waals surface area (Å²) in [6.07, 6.45) is 1.36. The number of fused-ring (bicyclic) bond motifs is 1. The molecule has 0 fully saturated rings. The second-order valence-electron chi connectivity index (χ2n) is 3.63. The Morgan fingerprint density at radius 2 is 2.33 bits per heavy atom. The molecule has 1 heterocycles. The number of pyridine rings is 1. The Kier molecular flexibility index (Phi) is 2.63. The van der Waals surface area contributed by atoms with Gasteiger partial charge in [-0.1, -0.05) is 11.6 Å². The monoisotopic (exact) mass is 227 g/mol. The number of halogens is 1. The summed E-state index contributed by atoms with van der Waals surface area (Å²) in [5.74, 6) is -1.09. The maximum absolute atomic E-state index is 10.8. The number of carboxylic acid groups (broad SMARTS) is 1. The molecule has 80 valence electrons. The van der Waals surface area contributed by atoms with Gasteiger partial charge in [0.05, 0.1) is 11.7 Å². The van der Waals surface area contributed by atoms with Gasteiger partial charge >= 0.3 is 5.97 Å². The van der Waals surface area contributed by atoms with Gasteiger partial charge in [0.25, 0.3) is 0 Å². The van der Waals surface area contributed by atoms with Crippen molar-refractivity contribution in [3.8, 4) is 0 Å². The van der Waals surface area contributed by atoms with Gasteiger partial charge in [-0.15, -0.1) is 0 Å². The summed E-state index contributed by atoms with van der Waals surface area (Å²) in [6, 6.07) is 1.51. The van der Waals surface area contributed by atoms with Gasteiger partial charge in [0.1, 0.15) is 5.15 Å². The Bertz CT molecular complexity index is 419. The van der Waals surface area contributed by atoms with Gasteiger partial charge in [-0.3, -0.25) is 0 Å². The summed E-state index contributed by atoms with van der Waals surface area (Å²) >= 11 is 5.74. The first-order chi connectivity index (χ1) is 7.08. The van der Waals surface area contributed by atoms with E-state index in [0.717, 1.165) is 11.3 Å². The number of aliphatic hydroxyl groups is 1. The molecule has 5 heteroatoms. The van der Waals surface area contributed by atoms with E-state index in [2.05, 4.69) is 4.98 Å². The number of aromatic carboxylic acids is 1. The number of aromatic nitrogens is 1. The van der Waals surface area contributed by atoms with Crippen LogP contribution in [0, 0.1) is 0 Å². The maximum atomic E-state index is 10.8. The Morgan fingerprint density at radius 1 is 1.60 bits per heavy atom. The molecule has 1 aromatic heterocycles. The van der Waals surface area contributed by atoms with Crippen LogP contribution in [0.2, 0.25) is 5.15 Å². The van der Waals surface area contributed by atoms with E-state index >= 15 is 0 Å². The highest BCUT2D eigenvalue weighted by atomic mass is 35.5. The summed E-state index contributed by atoms with van der Waals surface area (Å²) in [4.78, 5) is 14.8. The molecule has 0 amide bonds. The van der Waals surface area contributed by atoms with Crippen molar-refractivity contribution in [1.29, 1.82) is 0 Å². The van der Waals surface area contributed by atoms with Crippen molar-refractivity contribution in [2.45, 2.75) is 25.4 Å². The van der Waals surface area contributed by atoms with Gasteiger partial charge in [0, 0.05) is 12.1 Å². The molecule has 0 saturated carbocycles. The molecule has 1 aromatic rings. The zero-order chi connectivity index (χ0) is 11.0. The molecule has 0 bridgehead atoms. The average Bonchev–Trinajstić information content (AvgIpc) is 2.17. The van der Waals surface area contributed by atoms with Gasteiger partial charge in [-0.25, -0.2) is 9.78 Å². The highest BCUT2D eigenvalue weighted by Crippen LogP contribution is 2.24. The van der Waals surface area contributed by atoms with Crippen molar-refractivity contribution < 1.29 is 15.0 Å². The number of nitrogens with zero attached hydrogens (tertiary/aromatic N) is 1. The predicted octanol–water partition coefficient (Wildman–Crippen LogP) is 1.28. The summed E-state index contributed by atoms with van der Waals surface area (Å²) < 4.78 is 0. The normalized spacial score (nSPS) is 19.7. The van der Waals surface area contributed by atoms with E-state index in [-0.39, 0.29) is 10.7 Å². The largest absolute Gasteiger partial charge is 0.478 e. The van der Waals surface area contributed by atoms with E-state index in [1.165, 1.54) is 6.07 Å². The highest BCUT2D eigenvalue weighted by molar-refractivity contribution is 6.32. The number of rotatable bonds is 1. The lowest BCUT2D eigenvalue weighted by molar-refractivity contribution is 0.0696. The SMILES string of the molecule is O=C(O)c1cc2c(nc1Cl)CCC(O)C2. The van der Waals surface area contributed by atoms with Crippen molar-refractivity contribution >= 4 is 17.6 Å². The van der Waals surface area contributed by atoms with Crippen molar-refractivity contribution in [3.05, 3.63) is 28.0 Å². The lowest BCUT2D eigenvalue weighted by atomic mass is 9.93. The zero-order valence-electron chi connectivity index (χ0n) is 7.90. The highest BCUT2D eigenvalue weighted by Gasteiger charge is 2.21. The van der Waals surface area contributed by atoms with Crippen LogP contribution in [0.25, 0.3) is 0 Å². The van der Waals surface area contributed by atoms with Crippen LogP contribution < -0.4 is 0 Å². The first kappa shape index (κ1) is 10.4. The maximum Gasteiger partial charge on any atom is 0.338 e. The Balaban J connectivity index is 2.47. The van der Waals surface area contributed by atoms with Crippen molar-refractivity contribution in [3.63, 3.8) is 0 Å². The molecular formula is C10H10ClNO3. The number of carbonyl (C=O) groups is 1. The third kappa shape index (κ3) is 1.96. The van der Waals surface area contributed by atoms with Gasteiger partial charge in [-0.2, -0.15) is 0 Å². The Morgan fingerprint density at radius 3 is 3.00 bits per heavy atom. The van der Waals surface area contributed by atoms with Crippen LogP contribution in [-0.4, -0.2) is 27.3 Å². The van der Waals surface area contributed by atoms with Crippen LogP contribution in [0.5, 0.6) is 0 Å². The average molecular weight is 228 g/mol. The fourth-order valence-electron chi connectivity index (χ4n) is 1.77. The lowest BCUT2D eigenvalue weighted by Crippen LogP contribution is -2.20. The Hall–Kier alpha value is -1.13. The van der Waals surface area contributed by atoms with Gasteiger partial charge in [0.15, 0.2) is 0 Å². The van der Waals surface area contributed by atoms with E-state index in [0.29, 0.717) is 19.3 Å². The molecule has 0 spiro atoms. The molecule has 0 aliphatic heterocycles. The molecule has 1 aliphatic carbocycles. The molecular weight excluding hydrogens is 218 g/mol. The van der Waals surface area contributed by atoms with Crippen LogP contribution >= 0.6 is 11.6 Å². The minimum Gasteiger partial charge on any atom is -0.478 e. The quantitative estimate of drug-likeness (QED) is 0.709. The van der Waals surface area contributed by atoms with Crippen molar-refractivity contribution in [1.82, 2.24) is 4.98 Å². The third-order valence-corrected chi connectivity index (χ3v) is 2.83. The summed E-state index contributed by atoms with van der Waals surface area (Å²) in [7, 11) is 0. The van der Waals surface area contributed by atoms with E-state index in [9.17, 15) is 9.90 Å². The number of hydrogen-bond acceptors (Lipinski definition) is 3. The number of aryl methyl sites for hydroxylation is 1. The third-order valence-electron chi connectivity index (χ3n) is 2.54. The standard InChI is InChI=1S/C10H10ClNO3/c11-9-7(10(14)15)4-5-3-6(13)1-2-8(5)12-9/h4,6,13H,1-3H2,(H,14,15). The van der Waals surface area contributed by atoms with Crippen molar-refractivity contribution in [2.75, 3.05) is 0 Å². The van der Waals surface area contributed by atoms with Gasteiger partial charge in [-0.05, 0) is 24.5 Å². The van der Waals surface area contributed by atoms with E-state index in [4.69, 9.17) is 16.7 Å². The lowest BCUT2D eigenvalue weighted by Gasteiger charge is -2.20. The molecule has 1 aliphatic rings. The molecule has 2 N–H and O–H groups in total. The Labute approximate surface area is 91.5 Å². The van der Waals surface area contributed by atoms with E-state index < -0.39 is 12.1 Å². The fraction of sp³-hybridized carbons (Fsp3) is 0.400. The van der Waals surface area contributed by atoms with Gasteiger partial charge in [0.2, 0.25) is 0 Å². The fourth-order valence-corrected chi connectivity index (χ4v) is 2.01. The van der Waals surface area contributed by atoms with E-state index in [1.54, 1.807) is 0 Å². The number of aliphatic hydroxyl groups excluding tert-OH is 1. The van der Waals surface area contributed by atoms with Crippen molar-refractivity contribution in [2.24, 2.45) is 0 Å².